The molecule has 2 aromatic heterocycles. The molecule has 0 fully saturated rings. The zero-order valence-corrected chi connectivity index (χ0v) is 8.99. The lowest BCUT2D eigenvalue weighted by atomic mass is 10.3. The van der Waals surface area contributed by atoms with Gasteiger partial charge in [0.2, 0.25) is 5.82 Å². The Hall–Kier alpha value is -2.64. The van der Waals surface area contributed by atoms with Crippen molar-refractivity contribution in [2.75, 3.05) is 11.1 Å². The van der Waals surface area contributed by atoms with Crippen LogP contribution in [0.15, 0.2) is 24.4 Å². The molecule has 0 aliphatic carbocycles. The molecule has 8 heteroatoms. The van der Waals surface area contributed by atoms with E-state index in [-0.39, 0.29) is 17.3 Å². The van der Waals surface area contributed by atoms with Crippen molar-refractivity contribution in [1.82, 2.24) is 14.8 Å². The Labute approximate surface area is 96.2 Å². The SMILES string of the molecule is Cn1ccc(Nc2nc(N)ccc2[N+](=O)[O-])n1. The van der Waals surface area contributed by atoms with Crippen molar-refractivity contribution in [2.24, 2.45) is 7.05 Å². The van der Waals surface area contributed by atoms with E-state index >= 15 is 0 Å². The Balaban J connectivity index is 2.37. The van der Waals surface area contributed by atoms with Crippen molar-refractivity contribution >= 4 is 23.1 Å². The molecule has 17 heavy (non-hydrogen) atoms. The van der Waals surface area contributed by atoms with Crippen molar-refractivity contribution in [3.8, 4) is 0 Å². The van der Waals surface area contributed by atoms with E-state index in [1.165, 1.54) is 12.1 Å². The highest BCUT2D eigenvalue weighted by atomic mass is 16.6. The first kappa shape index (κ1) is 10.9. The summed E-state index contributed by atoms with van der Waals surface area (Å²) in [5.74, 6) is 0.747. The number of nitro groups is 1. The van der Waals surface area contributed by atoms with Crippen LogP contribution in [0.5, 0.6) is 0 Å². The van der Waals surface area contributed by atoms with Gasteiger partial charge >= 0.3 is 5.69 Å². The van der Waals surface area contributed by atoms with Gasteiger partial charge in [0.05, 0.1) is 4.92 Å². The molecule has 8 nitrogen and oxygen atoms in total. The second-order valence-corrected chi connectivity index (χ2v) is 3.36. The van der Waals surface area contributed by atoms with Crippen molar-refractivity contribution in [1.29, 1.82) is 0 Å². The van der Waals surface area contributed by atoms with Gasteiger partial charge < -0.3 is 11.1 Å². The number of pyridine rings is 1. The van der Waals surface area contributed by atoms with Crippen molar-refractivity contribution in [2.45, 2.75) is 0 Å². The van der Waals surface area contributed by atoms with E-state index < -0.39 is 4.92 Å². The Morgan fingerprint density at radius 1 is 1.47 bits per heavy atom. The third kappa shape index (κ3) is 2.30. The first-order chi connectivity index (χ1) is 8.06. The van der Waals surface area contributed by atoms with Crippen molar-refractivity contribution < 1.29 is 4.92 Å². The molecular formula is C9H10N6O2. The van der Waals surface area contributed by atoms with Crippen LogP contribution in [-0.2, 0) is 7.05 Å². The van der Waals surface area contributed by atoms with Crippen LogP contribution < -0.4 is 11.1 Å². The maximum atomic E-state index is 10.8. The molecule has 0 unspecified atom stereocenters. The molecule has 0 aromatic carbocycles. The monoisotopic (exact) mass is 234 g/mol. The van der Waals surface area contributed by atoms with Gasteiger partial charge in [-0.1, -0.05) is 0 Å². The normalized spacial score (nSPS) is 10.2. The molecule has 0 radical (unpaired) electrons. The van der Waals surface area contributed by atoms with Gasteiger partial charge in [-0.25, -0.2) is 4.98 Å². The Bertz CT molecular complexity index is 564. The number of hydrogen-bond donors (Lipinski definition) is 2. The topological polar surface area (TPSA) is 112 Å². The van der Waals surface area contributed by atoms with Crippen LogP contribution in [0.4, 0.5) is 23.1 Å². The fraction of sp³-hybridized carbons (Fsp3) is 0.111. The third-order valence-electron chi connectivity index (χ3n) is 2.05. The molecule has 88 valence electrons. The first-order valence-corrected chi connectivity index (χ1v) is 4.74. The van der Waals surface area contributed by atoms with E-state index in [9.17, 15) is 10.1 Å². The van der Waals surface area contributed by atoms with Crippen LogP contribution in [0.3, 0.4) is 0 Å². The summed E-state index contributed by atoms with van der Waals surface area (Å²) in [5.41, 5.74) is 5.34. The van der Waals surface area contributed by atoms with Crippen LogP contribution in [0.2, 0.25) is 0 Å². The summed E-state index contributed by atoms with van der Waals surface area (Å²) in [7, 11) is 1.74. The highest BCUT2D eigenvalue weighted by molar-refractivity contribution is 5.65. The molecule has 0 saturated carbocycles. The van der Waals surface area contributed by atoms with Gasteiger partial charge in [0.25, 0.3) is 0 Å². The van der Waals surface area contributed by atoms with Gasteiger partial charge in [-0.05, 0) is 6.07 Å². The number of nitrogens with two attached hydrogens (primary N) is 1. The molecule has 0 aliphatic heterocycles. The highest BCUT2D eigenvalue weighted by Crippen LogP contribution is 2.25. The number of nitrogens with one attached hydrogen (secondary N) is 1. The highest BCUT2D eigenvalue weighted by Gasteiger charge is 2.16. The molecule has 2 rings (SSSR count). The number of nitrogens with zero attached hydrogens (tertiary/aromatic N) is 4. The molecular weight excluding hydrogens is 224 g/mol. The molecule has 0 spiro atoms. The molecule has 0 aliphatic rings. The second-order valence-electron chi connectivity index (χ2n) is 3.36. The van der Waals surface area contributed by atoms with Crippen LogP contribution in [0.25, 0.3) is 0 Å². The van der Waals surface area contributed by atoms with Crippen LogP contribution >= 0.6 is 0 Å². The number of hydrogen-bond acceptors (Lipinski definition) is 6. The number of nitrogen functional groups attached to an aromatic ring is 1. The average Bonchev–Trinajstić information content (AvgIpc) is 2.63. The van der Waals surface area contributed by atoms with Gasteiger partial charge in [0, 0.05) is 25.4 Å². The smallest absolute Gasteiger partial charge is 0.311 e. The molecule has 0 bridgehead atoms. The molecule has 3 N–H and O–H groups in total. The molecule has 2 heterocycles. The summed E-state index contributed by atoms with van der Waals surface area (Å²) >= 11 is 0. The van der Waals surface area contributed by atoms with Gasteiger partial charge in [-0.15, -0.1) is 0 Å². The minimum absolute atomic E-state index is 0.0775. The number of aromatic nitrogens is 3. The predicted octanol–water partition coefficient (Wildman–Crippen LogP) is 1.05. The Kier molecular flexibility index (Phi) is 2.61. The van der Waals surface area contributed by atoms with Crippen LogP contribution in [0, 0.1) is 10.1 Å². The lowest BCUT2D eigenvalue weighted by Gasteiger charge is -2.03. The largest absolute Gasteiger partial charge is 0.384 e. The van der Waals surface area contributed by atoms with E-state index in [1.807, 2.05) is 0 Å². The van der Waals surface area contributed by atoms with Gasteiger partial charge in [-0.3, -0.25) is 14.8 Å². The second kappa shape index (κ2) is 4.08. The summed E-state index contributed by atoms with van der Waals surface area (Å²) in [6, 6.07) is 4.35. The predicted molar refractivity (Wildman–Crippen MR) is 61.8 cm³/mol. The number of aryl methyl sites for hydroxylation is 1. The summed E-state index contributed by atoms with van der Waals surface area (Å²) in [5, 5.41) is 17.6. The first-order valence-electron chi connectivity index (χ1n) is 4.74. The molecule has 2 aromatic rings. The van der Waals surface area contributed by atoms with Crippen LogP contribution in [0.1, 0.15) is 0 Å². The molecule has 0 saturated heterocycles. The van der Waals surface area contributed by atoms with Gasteiger partial charge in [0.15, 0.2) is 5.82 Å². The lowest BCUT2D eigenvalue weighted by Crippen LogP contribution is -2.02. The summed E-state index contributed by atoms with van der Waals surface area (Å²) < 4.78 is 1.57. The zero-order valence-electron chi connectivity index (χ0n) is 8.99. The fourth-order valence-electron chi connectivity index (χ4n) is 1.31. The summed E-state index contributed by atoms with van der Waals surface area (Å²) in [6.45, 7) is 0. The Morgan fingerprint density at radius 3 is 2.82 bits per heavy atom. The van der Waals surface area contributed by atoms with E-state index in [4.69, 9.17) is 5.73 Å². The minimum atomic E-state index is -0.530. The third-order valence-corrected chi connectivity index (χ3v) is 2.05. The van der Waals surface area contributed by atoms with Crippen molar-refractivity contribution in [3.05, 3.63) is 34.5 Å². The van der Waals surface area contributed by atoms with Crippen molar-refractivity contribution in [3.63, 3.8) is 0 Å². The maximum absolute atomic E-state index is 10.8. The van der Waals surface area contributed by atoms with Gasteiger partial charge in [0.1, 0.15) is 5.82 Å². The standard InChI is InChI=1S/C9H10N6O2/c1-14-5-4-8(13-14)12-9-6(15(16)17)2-3-7(10)11-9/h2-5H,1H3,(H3,10,11,12,13). The molecule has 0 atom stereocenters. The zero-order chi connectivity index (χ0) is 12.4. The quantitative estimate of drug-likeness (QED) is 0.606. The molecule has 0 amide bonds. The maximum Gasteiger partial charge on any atom is 0.311 e. The Morgan fingerprint density at radius 2 is 2.24 bits per heavy atom. The van der Waals surface area contributed by atoms with E-state index in [2.05, 4.69) is 15.4 Å². The number of rotatable bonds is 3. The van der Waals surface area contributed by atoms with Crippen LogP contribution in [-0.4, -0.2) is 19.7 Å². The average molecular weight is 234 g/mol. The summed E-state index contributed by atoms with van der Waals surface area (Å²) in [6.07, 6.45) is 1.71. The van der Waals surface area contributed by atoms with Gasteiger partial charge in [-0.2, -0.15) is 5.10 Å². The fourth-order valence-corrected chi connectivity index (χ4v) is 1.31. The minimum Gasteiger partial charge on any atom is -0.384 e. The van der Waals surface area contributed by atoms with E-state index in [1.54, 1.807) is 24.0 Å². The van der Waals surface area contributed by atoms with E-state index in [0.29, 0.717) is 5.82 Å². The lowest BCUT2D eigenvalue weighted by molar-refractivity contribution is -0.384. The number of anilines is 3. The summed E-state index contributed by atoms with van der Waals surface area (Å²) in [4.78, 5) is 14.1. The van der Waals surface area contributed by atoms with E-state index in [0.717, 1.165) is 0 Å².